The van der Waals surface area contributed by atoms with Gasteiger partial charge in [0.1, 0.15) is 0 Å². The molecule has 0 amide bonds. The largest absolute Gasteiger partial charge is 0.366 e. The van der Waals surface area contributed by atoms with Crippen LogP contribution in [0.5, 0.6) is 0 Å². The van der Waals surface area contributed by atoms with Gasteiger partial charge in [0.25, 0.3) is 10.0 Å². The van der Waals surface area contributed by atoms with Crippen molar-refractivity contribution in [3.63, 3.8) is 0 Å². The van der Waals surface area contributed by atoms with Crippen LogP contribution in [-0.2, 0) is 21.2 Å². The van der Waals surface area contributed by atoms with E-state index in [1.165, 1.54) is 11.1 Å². The minimum Gasteiger partial charge on any atom is -0.366 e. The number of fused-ring (bicyclic) bond motifs is 4. The third-order valence-corrected chi connectivity index (χ3v) is 7.68. The molecule has 160 valence electrons. The smallest absolute Gasteiger partial charge is 0.276 e. The highest BCUT2D eigenvalue weighted by atomic mass is 32.2. The summed E-state index contributed by atoms with van der Waals surface area (Å²) in [5.41, 5.74) is 5.73. The van der Waals surface area contributed by atoms with Crippen molar-refractivity contribution in [3.8, 4) is 0 Å². The van der Waals surface area contributed by atoms with Crippen LogP contribution in [0.1, 0.15) is 48.4 Å². The van der Waals surface area contributed by atoms with Crippen LogP contribution in [0.3, 0.4) is 0 Å². The Morgan fingerprint density at radius 1 is 1.03 bits per heavy atom. The van der Waals surface area contributed by atoms with Gasteiger partial charge in [0.2, 0.25) is 0 Å². The molecule has 6 nitrogen and oxygen atoms in total. The average Bonchev–Trinajstić information content (AvgIpc) is 2.77. The highest BCUT2D eigenvalue weighted by Crippen LogP contribution is 2.43. The number of rotatable bonds is 3. The zero-order chi connectivity index (χ0) is 21.6. The number of benzene rings is 2. The van der Waals surface area contributed by atoms with Crippen molar-refractivity contribution in [2.45, 2.75) is 50.0 Å². The normalized spacial score (nSPS) is 22.1. The van der Waals surface area contributed by atoms with Gasteiger partial charge in [0.05, 0.1) is 22.2 Å². The Balaban J connectivity index is 1.54. The summed E-state index contributed by atoms with van der Waals surface area (Å²) in [5.74, 6) is 0.0619. The molecule has 0 saturated carbocycles. The number of aryl methyl sites for hydroxylation is 1. The number of carbonyl (C=O) groups excluding carboxylic acids is 1. The summed E-state index contributed by atoms with van der Waals surface area (Å²) in [5, 5.41) is 4.33. The first-order valence-corrected chi connectivity index (χ1v) is 12.2. The number of hydrogen-bond donors (Lipinski definition) is 1. The van der Waals surface area contributed by atoms with E-state index in [4.69, 9.17) is 0 Å². The molecule has 5 rings (SSSR count). The van der Waals surface area contributed by atoms with Crippen molar-refractivity contribution in [3.05, 3.63) is 76.5 Å². The van der Waals surface area contributed by atoms with E-state index in [0.29, 0.717) is 24.1 Å². The van der Waals surface area contributed by atoms with E-state index in [-0.39, 0.29) is 16.7 Å². The standard InChI is InChI=1S/C24H25N3O3S/c1-16-9-11-18(12-10-16)31(29,30)26-25-20-15-22-19-6-3-2-5-17(19)13-14-27(22)21-7-4-8-23(28)24(20)21/h2-3,5-6,9-12,22,26H,4,7-8,13-15H2,1H3/b25-20+/t22-/m0/s1. The Morgan fingerprint density at radius 2 is 1.81 bits per heavy atom. The zero-order valence-electron chi connectivity index (χ0n) is 17.5. The molecule has 2 heterocycles. The lowest BCUT2D eigenvalue weighted by molar-refractivity contribution is -0.115. The van der Waals surface area contributed by atoms with Gasteiger partial charge in [0.15, 0.2) is 5.78 Å². The van der Waals surface area contributed by atoms with Gasteiger partial charge in [-0.3, -0.25) is 4.79 Å². The topological polar surface area (TPSA) is 78.8 Å². The SMILES string of the molecule is Cc1ccc(S(=O)(=O)N/N=C2\C[C@H]3c4ccccc4CCN3C3=C2C(=O)CCC3)cc1. The van der Waals surface area contributed by atoms with Gasteiger partial charge < -0.3 is 4.90 Å². The van der Waals surface area contributed by atoms with Gasteiger partial charge >= 0.3 is 0 Å². The lowest BCUT2D eigenvalue weighted by Crippen LogP contribution is -2.43. The maximum Gasteiger partial charge on any atom is 0.276 e. The van der Waals surface area contributed by atoms with Crippen molar-refractivity contribution >= 4 is 21.5 Å². The molecule has 7 heteroatoms. The average molecular weight is 436 g/mol. The fourth-order valence-corrected chi connectivity index (χ4v) is 5.74. The van der Waals surface area contributed by atoms with E-state index in [9.17, 15) is 13.2 Å². The minimum absolute atomic E-state index is 0.0619. The van der Waals surface area contributed by atoms with Crippen molar-refractivity contribution in [1.82, 2.24) is 9.73 Å². The molecule has 2 aromatic carbocycles. The van der Waals surface area contributed by atoms with E-state index in [2.05, 4.69) is 33.0 Å². The van der Waals surface area contributed by atoms with E-state index >= 15 is 0 Å². The highest BCUT2D eigenvalue weighted by Gasteiger charge is 2.40. The Kier molecular flexibility index (Phi) is 4.93. The summed E-state index contributed by atoms with van der Waals surface area (Å²) in [6.45, 7) is 2.78. The first kappa shape index (κ1) is 20.0. The number of nitrogens with one attached hydrogen (secondary N) is 1. The predicted octanol–water partition coefficient (Wildman–Crippen LogP) is 3.64. The molecule has 0 spiro atoms. The maximum absolute atomic E-state index is 12.8. The van der Waals surface area contributed by atoms with Crippen LogP contribution >= 0.6 is 0 Å². The van der Waals surface area contributed by atoms with Gasteiger partial charge in [-0.25, -0.2) is 0 Å². The van der Waals surface area contributed by atoms with Crippen molar-refractivity contribution in [2.75, 3.05) is 6.54 Å². The van der Waals surface area contributed by atoms with Crippen LogP contribution in [0, 0.1) is 6.92 Å². The number of allylic oxidation sites excluding steroid dienone is 2. The first-order chi connectivity index (χ1) is 14.9. The van der Waals surface area contributed by atoms with E-state index < -0.39 is 10.0 Å². The fraction of sp³-hybridized carbons (Fsp3) is 0.333. The number of carbonyl (C=O) groups is 1. The number of hydrazone groups is 1. The summed E-state index contributed by atoms with van der Waals surface area (Å²) in [6.07, 6.45) is 3.59. The fourth-order valence-electron chi connectivity index (χ4n) is 4.91. The van der Waals surface area contributed by atoms with Crippen LogP contribution in [0.25, 0.3) is 0 Å². The third kappa shape index (κ3) is 3.57. The third-order valence-electron chi connectivity index (χ3n) is 6.45. The molecular formula is C24H25N3O3S. The number of Topliss-reactive ketones (excluding diaryl/α,β-unsaturated/α-hetero) is 1. The first-order valence-electron chi connectivity index (χ1n) is 10.7. The molecular weight excluding hydrogens is 410 g/mol. The summed E-state index contributed by atoms with van der Waals surface area (Å²) >= 11 is 0. The van der Waals surface area contributed by atoms with E-state index in [1.807, 2.05) is 13.0 Å². The minimum atomic E-state index is -3.81. The van der Waals surface area contributed by atoms with Gasteiger partial charge in [-0.1, -0.05) is 42.0 Å². The van der Waals surface area contributed by atoms with Gasteiger partial charge in [0, 0.05) is 25.1 Å². The number of hydrogen-bond acceptors (Lipinski definition) is 5. The van der Waals surface area contributed by atoms with Crippen molar-refractivity contribution in [2.24, 2.45) is 5.10 Å². The Morgan fingerprint density at radius 3 is 2.61 bits per heavy atom. The molecule has 1 atom stereocenters. The molecule has 2 aromatic rings. The predicted molar refractivity (Wildman–Crippen MR) is 119 cm³/mol. The second-order valence-corrected chi connectivity index (χ2v) is 10.1. The van der Waals surface area contributed by atoms with Gasteiger partial charge in [-0.05, 0) is 49.4 Å². The Hall–Kier alpha value is -2.93. The molecule has 0 saturated heterocycles. The van der Waals surface area contributed by atoms with E-state index in [0.717, 1.165) is 37.1 Å². The monoisotopic (exact) mass is 435 g/mol. The Bertz CT molecular complexity index is 1210. The molecule has 3 aliphatic rings. The van der Waals surface area contributed by atoms with Crippen LogP contribution < -0.4 is 4.83 Å². The number of nitrogens with zero attached hydrogens (tertiary/aromatic N) is 2. The molecule has 0 unspecified atom stereocenters. The second kappa shape index (κ2) is 7.64. The lowest BCUT2D eigenvalue weighted by Gasteiger charge is -2.45. The van der Waals surface area contributed by atoms with Gasteiger partial charge in [-0.2, -0.15) is 18.4 Å². The van der Waals surface area contributed by atoms with Crippen LogP contribution in [-0.4, -0.2) is 31.4 Å². The highest BCUT2D eigenvalue weighted by molar-refractivity contribution is 7.89. The van der Waals surface area contributed by atoms with Crippen LogP contribution in [0.15, 0.2) is 69.8 Å². The molecule has 1 N–H and O–H groups in total. The molecule has 1 aliphatic carbocycles. The molecule has 0 bridgehead atoms. The molecule has 0 radical (unpaired) electrons. The number of ketones is 1. The molecule has 0 fully saturated rings. The van der Waals surface area contributed by atoms with Crippen molar-refractivity contribution < 1.29 is 13.2 Å². The lowest BCUT2D eigenvalue weighted by atomic mass is 9.79. The number of sulfonamides is 1. The molecule has 0 aromatic heterocycles. The summed E-state index contributed by atoms with van der Waals surface area (Å²) in [7, 11) is -3.81. The van der Waals surface area contributed by atoms with Crippen molar-refractivity contribution in [1.29, 1.82) is 0 Å². The summed E-state index contributed by atoms with van der Waals surface area (Å²) in [6, 6.07) is 15.1. The Labute approximate surface area is 182 Å². The zero-order valence-corrected chi connectivity index (χ0v) is 18.3. The summed E-state index contributed by atoms with van der Waals surface area (Å²) in [4.78, 5) is 17.7. The van der Waals surface area contributed by atoms with Gasteiger partial charge in [-0.15, -0.1) is 0 Å². The quantitative estimate of drug-likeness (QED) is 0.747. The van der Waals surface area contributed by atoms with Crippen LogP contribution in [0.2, 0.25) is 0 Å². The molecule has 31 heavy (non-hydrogen) atoms. The second-order valence-electron chi connectivity index (χ2n) is 8.43. The van der Waals surface area contributed by atoms with E-state index in [1.54, 1.807) is 24.3 Å². The summed E-state index contributed by atoms with van der Waals surface area (Å²) < 4.78 is 25.6. The van der Waals surface area contributed by atoms with Crippen LogP contribution in [0.4, 0.5) is 0 Å². The molecule has 2 aliphatic heterocycles. The maximum atomic E-state index is 12.8.